The molecule has 0 saturated carbocycles. The van der Waals surface area contributed by atoms with Gasteiger partial charge in [-0.15, -0.1) is 10.2 Å². The van der Waals surface area contributed by atoms with Crippen molar-refractivity contribution in [1.82, 2.24) is 39.7 Å². The van der Waals surface area contributed by atoms with Crippen LogP contribution in [0, 0.1) is 18.4 Å². The molecule has 0 unspecified atom stereocenters. The molecule has 0 aliphatic carbocycles. The molecule has 5 aromatic rings. The summed E-state index contributed by atoms with van der Waals surface area (Å²) in [5.74, 6) is 0.339. The molecule has 202 valence electrons. The summed E-state index contributed by atoms with van der Waals surface area (Å²) in [6.07, 6.45) is 8.45. The Morgan fingerprint density at radius 1 is 1.32 bits per heavy atom. The highest BCUT2D eigenvalue weighted by Gasteiger charge is 2.25. The number of aromatic nitrogens is 7. The number of pyridine rings is 1. The van der Waals surface area contributed by atoms with Crippen LogP contribution in [-0.2, 0) is 4.79 Å². The molecule has 0 bridgehead atoms. The fourth-order valence-corrected chi connectivity index (χ4v) is 5.23. The van der Waals surface area contributed by atoms with Crippen molar-refractivity contribution < 1.29 is 9.53 Å². The molecule has 0 spiro atoms. The van der Waals surface area contributed by atoms with E-state index in [0.29, 0.717) is 30.2 Å². The van der Waals surface area contributed by atoms with Crippen molar-refractivity contribution >= 4 is 28.1 Å². The highest BCUT2D eigenvalue weighted by molar-refractivity contribution is 5.99. The van der Waals surface area contributed by atoms with Crippen LogP contribution in [0.5, 0.6) is 5.75 Å². The zero-order valence-corrected chi connectivity index (χ0v) is 22.2. The second-order valence-corrected chi connectivity index (χ2v) is 9.88. The molecular weight excluding hydrogens is 508 g/mol. The summed E-state index contributed by atoms with van der Waals surface area (Å²) in [4.78, 5) is 13.6. The third-order valence-electron chi connectivity index (χ3n) is 7.36. The minimum absolute atomic E-state index is 0.188. The Morgan fingerprint density at radius 2 is 2.15 bits per heavy atom. The Bertz CT molecular complexity index is 1770. The van der Waals surface area contributed by atoms with Crippen molar-refractivity contribution in [3.8, 4) is 23.2 Å². The molecule has 12 nitrogen and oxygen atoms in total. The summed E-state index contributed by atoms with van der Waals surface area (Å²) in [5, 5.41) is 33.6. The van der Waals surface area contributed by atoms with E-state index >= 15 is 0 Å². The Balaban J connectivity index is 1.36. The summed E-state index contributed by atoms with van der Waals surface area (Å²) in [6, 6.07) is 9.67. The van der Waals surface area contributed by atoms with Gasteiger partial charge < -0.3 is 15.0 Å². The molecule has 2 N–H and O–H groups in total. The van der Waals surface area contributed by atoms with E-state index in [1.165, 1.54) is 6.08 Å². The van der Waals surface area contributed by atoms with Crippen LogP contribution in [0.15, 0.2) is 55.4 Å². The van der Waals surface area contributed by atoms with E-state index < -0.39 is 0 Å². The Hall–Kier alpha value is -5.18. The van der Waals surface area contributed by atoms with Crippen molar-refractivity contribution in [2.24, 2.45) is 0 Å². The normalized spacial score (nSPS) is 14.8. The van der Waals surface area contributed by atoms with Gasteiger partial charge in [-0.1, -0.05) is 23.9 Å². The predicted molar refractivity (Wildman–Crippen MR) is 148 cm³/mol. The van der Waals surface area contributed by atoms with Gasteiger partial charge in [-0.2, -0.15) is 10.4 Å². The number of piperidine rings is 1. The van der Waals surface area contributed by atoms with Crippen molar-refractivity contribution in [1.29, 1.82) is 5.26 Å². The highest BCUT2D eigenvalue weighted by Crippen LogP contribution is 2.36. The van der Waals surface area contributed by atoms with Crippen LogP contribution >= 0.6 is 0 Å². The third kappa shape index (κ3) is 4.51. The Morgan fingerprint density at radius 3 is 2.92 bits per heavy atom. The van der Waals surface area contributed by atoms with Gasteiger partial charge in [0.05, 0.1) is 23.3 Å². The molecule has 1 aliphatic rings. The summed E-state index contributed by atoms with van der Waals surface area (Å²) < 4.78 is 10.3. The minimum Gasteiger partial charge on any atom is -0.484 e. The van der Waals surface area contributed by atoms with Crippen LogP contribution in [0.2, 0.25) is 0 Å². The number of carbonyl (C=O) groups is 1. The molecule has 1 amide bonds. The number of nitrogens with one attached hydrogen (secondary N) is 2. The number of aromatic amines is 1. The Labute approximate surface area is 229 Å². The molecular formula is C28H28N10O2. The quantitative estimate of drug-likeness (QED) is 0.233. The monoisotopic (exact) mass is 536 g/mol. The van der Waals surface area contributed by atoms with E-state index in [1.54, 1.807) is 15.6 Å². The molecule has 4 aromatic heterocycles. The molecule has 1 aliphatic heterocycles. The SMILES string of the molecule is C=CC(=O)Nc1cccc([C@@H](C)Oc2cc(-c3nnn(C4CCN(C#N)CC4)c3C)cn3nc4[nH]ncc4c23)c1. The lowest BCUT2D eigenvalue weighted by atomic mass is 10.0. The van der Waals surface area contributed by atoms with Gasteiger partial charge in [0.25, 0.3) is 0 Å². The zero-order chi connectivity index (χ0) is 27.8. The number of anilines is 1. The van der Waals surface area contributed by atoms with E-state index in [1.807, 2.05) is 55.1 Å². The van der Waals surface area contributed by atoms with Crippen LogP contribution in [0.3, 0.4) is 0 Å². The van der Waals surface area contributed by atoms with Gasteiger partial charge in [0.15, 0.2) is 11.8 Å². The topological polar surface area (TPSA) is 142 Å². The maximum absolute atomic E-state index is 11.8. The maximum Gasteiger partial charge on any atom is 0.247 e. The number of hydrogen-bond acceptors (Lipinski definition) is 8. The molecule has 1 atom stereocenters. The van der Waals surface area contributed by atoms with Crippen LogP contribution in [0.4, 0.5) is 5.69 Å². The number of rotatable bonds is 7. The first-order valence-electron chi connectivity index (χ1n) is 13.1. The van der Waals surface area contributed by atoms with E-state index in [4.69, 9.17) is 4.74 Å². The lowest BCUT2D eigenvalue weighted by Gasteiger charge is -2.28. The van der Waals surface area contributed by atoms with Crippen molar-refractivity contribution in [2.45, 2.75) is 38.8 Å². The number of ether oxygens (including phenoxy) is 1. The number of benzene rings is 1. The summed E-state index contributed by atoms with van der Waals surface area (Å²) >= 11 is 0. The fraction of sp³-hybridized carbons (Fsp3) is 0.286. The average Bonchev–Trinajstić information content (AvgIpc) is 3.67. The molecule has 6 rings (SSSR count). The molecule has 5 heterocycles. The number of amides is 1. The molecule has 1 aromatic carbocycles. The van der Waals surface area contributed by atoms with Crippen LogP contribution in [-0.4, -0.2) is 58.7 Å². The van der Waals surface area contributed by atoms with Crippen LogP contribution in [0.25, 0.3) is 27.8 Å². The average molecular weight is 537 g/mol. The van der Waals surface area contributed by atoms with Gasteiger partial charge >= 0.3 is 0 Å². The number of nitrogens with zero attached hydrogens (tertiary/aromatic N) is 8. The lowest BCUT2D eigenvalue weighted by Crippen LogP contribution is -2.31. The van der Waals surface area contributed by atoms with E-state index in [-0.39, 0.29) is 18.1 Å². The number of H-pyrrole nitrogens is 1. The van der Waals surface area contributed by atoms with E-state index in [2.05, 4.69) is 43.7 Å². The van der Waals surface area contributed by atoms with Crippen LogP contribution in [0.1, 0.15) is 43.2 Å². The molecule has 12 heteroatoms. The number of hydrogen-bond donors (Lipinski definition) is 2. The largest absolute Gasteiger partial charge is 0.484 e. The van der Waals surface area contributed by atoms with E-state index in [9.17, 15) is 10.1 Å². The summed E-state index contributed by atoms with van der Waals surface area (Å²) in [7, 11) is 0. The standard InChI is InChI=1S/C28H28N10O2/c1-4-25(39)31-21-7-5-6-19(12-21)18(3)40-24-13-20(15-37-27(24)23-14-30-33-28(23)34-37)26-17(2)38(35-32-26)22-8-10-36(16-29)11-9-22/h4-7,12-15,18,22H,1,8-11H2,2-3H3,(H,31,39)(H,33,34)/t18-/m1/s1. The molecule has 0 radical (unpaired) electrons. The molecule has 1 saturated heterocycles. The van der Waals surface area contributed by atoms with Gasteiger partial charge in [0, 0.05) is 30.5 Å². The maximum atomic E-state index is 11.8. The van der Waals surface area contributed by atoms with Crippen molar-refractivity contribution in [3.63, 3.8) is 0 Å². The summed E-state index contributed by atoms with van der Waals surface area (Å²) in [5.41, 5.74) is 5.48. The van der Waals surface area contributed by atoms with Crippen molar-refractivity contribution in [3.05, 3.63) is 66.6 Å². The molecule has 1 fully saturated rings. The van der Waals surface area contributed by atoms with Gasteiger partial charge in [0.2, 0.25) is 5.91 Å². The zero-order valence-electron chi connectivity index (χ0n) is 22.2. The predicted octanol–water partition coefficient (Wildman–Crippen LogP) is 4.16. The minimum atomic E-state index is -0.349. The molecule has 40 heavy (non-hydrogen) atoms. The highest BCUT2D eigenvalue weighted by atomic mass is 16.5. The van der Waals surface area contributed by atoms with Gasteiger partial charge in [-0.05, 0) is 56.5 Å². The fourth-order valence-electron chi connectivity index (χ4n) is 5.23. The first-order valence-corrected chi connectivity index (χ1v) is 13.1. The number of likely N-dealkylation sites (tertiary alicyclic amines) is 1. The Kier molecular flexibility index (Phi) is 6.39. The number of fused-ring (bicyclic) bond motifs is 3. The number of carbonyl (C=O) groups excluding carboxylic acids is 1. The van der Waals surface area contributed by atoms with Crippen LogP contribution < -0.4 is 10.1 Å². The van der Waals surface area contributed by atoms with Crippen molar-refractivity contribution in [2.75, 3.05) is 18.4 Å². The second-order valence-electron chi connectivity index (χ2n) is 9.88. The van der Waals surface area contributed by atoms with E-state index in [0.717, 1.165) is 46.3 Å². The smallest absolute Gasteiger partial charge is 0.247 e. The number of nitriles is 1. The third-order valence-corrected chi connectivity index (χ3v) is 7.36. The lowest BCUT2D eigenvalue weighted by molar-refractivity contribution is -0.111. The van der Waals surface area contributed by atoms with Gasteiger partial charge in [0.1, 0.15) is 23.1 Å². The first-order chi connectivity index (χ1) is 19.4. The van der Waals surface area contributed by atoms with Gasteiger partial charge in [-0.3, -0.25) is 9.89 Å². The first kappa shape index (κ1) is 25.1. The second kappa shape index (κ2) is 10.2. The van der Waals surface area contributed by atoms with Gasteiger partial charge in [-0.25, -0.2) is 9.20 Å². The summed E-state index contributed by atoms with van der Waals surface area (Å²) in [6.45, 7) is 8.90.